The molecule has 4 unspecified atom stereocenters. The maximum atomic E-state index is 12.3. The topological polar surface area (TPSA) is 127 Å². The number of carbonyl (C=O) groups is 4. The molecule has 0 heterocycles. The Morgan fingerprint density at radius 1 is 0.647 bits per heavy atom. The summed E-state index contributed by atoms with van der Waals surface area (Å²) in [5.74, 6) is -2.94. The van der Waals surface area contributed by atoms with Crippen LogP contribution in [0.5, 0.6) is 0 Å². The molecule has 0 aromatic rings. The summed E-state index contributed by atoms with van der Waals surface area (Å²) in [6.07, 6.45) is -1.65. The number of nitrogens with zero attached hydrogens (tertiary/aromatic N) is 2. The quantitative estimate of drug-likeness (QED) is 0.165. The first kappa shape index (κ1) is 32.5. The van der Waals surface area contributed by atoms with E-state index in [0.717, 1.165) is 0 Å². The van der Waals surface area contributed by atoms with Gasteiger partial charge in [0.2, 0.25) is 0 Å². The van der Waals surface area contributed by atoms with E-state index in [1.54, 1.807) is 0 Å². The average molecular weight is 527 g/mol. The molecule has 0 spiro atoms. The normalized spacial score (nSPS) is 15.6. The van der Waals surface area contributed by atoms with Crippen LogP contribution in [0.2, 0.25) is 0 Å². The Hall–Kier alpha value is -1.50. The molecule has 0 aliphatic heterocycles. The molecule has 34 heavy (non-hydrogen) atoms. The van der Waals surface area contributed by atoms with E-state index in [2.05, 4.69) is 0 Å². The third-order valence-electron chi connectivity index (χ3n) is 4.20. The van der Waals surface area contributed by atoms with E-state index >= 15 is 0 Å². The van der Waals surface area contributed by atoms with Gasteiger partial charge in [-0.1, -0.05) is 35.4 Å². The molecule has 198 valence electrons. The second-order valence-corrected chi connectivity index (χ2v) is 13.7. The summed E-state index contributed by atoms with van der Waals surface area (Å²) in [6.45, 7) is 4.51. The molecule has 0 aliphatic carbocycles. The van der Waals surface area contributed by atoms with Crippen LogP contribution in [0, 0.1) is 0 Å². The van der Waals surface area contributed by atoms with E-state index in [9.17, 15) is 19.2 Å². The number of carboxylic acids is 2. The van der Waals surface area contributed by atoms with Gasteiger partial charge in [0.05, 0.1) is 68.0 Å². The van der Waals surface area contributed by atoms with Crippen LogP contribution >= 0.6 is 21.6 Å². The van der Waals surface area contributed by atoms with Crippen molar-refractivity contribution in [3.63, 3.8) is 0 Å². The van der Waals surface area contributed by atoms with Crippen molar-refractivity contribution in [3.05, 3.63) is 0 Å². The number of likely N-dealkylation sites (N-methyl/N-ethyl adjacent to an activating group) is 2. The first-order valence-electron chi connectivity index (χ1n) is 11.1. The summed E-state index contributed by atoms with van der Waals surface area (Å²) in [6, 6.07) is 0. The van der Waals surface area contributed by atoms with Gasteiger partial charge in [0.15, 0.2) is 12.2 Å². The molecular weight excluding hydrogens is 484 g/mol. The molecule has 0 aromatic heterocycles. The fourth-order valence-corrected chi connectivity index (χ4v) is 5.43. The van der Waals surface area contributed by atoms with Crippen LogP contribution in [0.15, 0.2) is 0 Å². The maximum absolute atomic E-state index is 12.3. The van der Waals surface area contributed by atoms with Crippen molar-refractivity contribution in [1.82, 2.24) is 0 Å². The van der Waals surface area contributed by atoms with Gasteiger partial charge >= 0.3 is 23.9 Å². The molecule has 2 N–H and O–H groups in total. The zero-order valence-corrected chi connectivity index (χ0v) is 23.2. The third-order valence-corrected chi connectivity index (χ3v) is 7.60. The Balaban J connectivity index is 4.57. The van der Waals surface area contributed by atoms with Crippen LogP contribution in [0.3, 0.4) is 0 Å². The molecule has 0 saturated heterocycles. The number of hydrogen-bond donors (Lipinski definition) is 2. The number of quaternary nitrogens is 2. The minimum absolute atomic E-state index is 0.108. The summed E-state index contributed by atoms with van der Waals surface area (Å²) < 4.78 is 11.8. The number of rotatable bonds is 17. The van der Waals surface area contributed by atoms with Crippen LogP contribution in [0.25, 0.3) is 0 Å². The van der Waals surface area contributed by atoms with Gasteiger partial charge in [0, 0.05) is 10.5 Å². The van der Waals surface area contributed by atoms with Gasteiger partial charge in [0.1, 0.15) is 13.1 Å². The Morgan fingerprint density at radius 3 is 1.18 bits per heavy atom. The number of aliphatic carboxylic acids is 2. The lowest BCUT2D eigenvalue weighted by molar-refractivity contribution is -0.873. The predicted molar refractivity (Wildman–Crippen MR) is 133 cm³/mol. The molecular formula is C22H42N2O8S2+2. The Labute approximate surface area is 210 Å². The maximum Gasteiger partial charge on any atom is 0.307 e. The largest absolute Gasteiger partial charge is 0.481 e. The lowest BCUT2D eigenvalue weighted by Gasteiger charge is -2.28. The highest BCUT2D eigenvalue weighted by atomic mass is 33.1. The number of carboxylic acid groups (broad SMARTS) is 2. The fourth-order valence-electron chi connectivity index (χ4n) is 3.09. The van der Waals surface area contributed by atoms with Crippen molar-refractivity contribution in [3.8, 4) is 0 Å². The van der Waals surface area contributed by atoms with Gasteiger partial charge in [0.25, 0.3) is 0 Å². The molecule has 12 heteroatoms. The molecule has 0 bridgehead atoms. The molecule has 0 radical (unpaired) electrons. The summed E-state index contributed by atoms with van der Waals surface area (Å²) in [5.41, 5.74) is 0. The Kier molecular flexibility index (Phi) is 14.1. The van der Waals surface area contributed by atoms with Gasteiger partial charge < -0.3 is 28.7 Å². The van der Waals surface area contributed by atoms with Crippen LogP contribution < -0.4 is 0 Å². The Morgan fingerprint density at radius 2 is 0.941 bits per heavy atom. The van der Waals surface area contributed by atoms with Crippen LogP contribution in [0.4, 0.5) is 0 Å². The monoisotopic (exact) mass is 526 g/mol. The van der Waals surface area contributed by atoms with Gasteiger partial charge in [-0.05, 0) is 0 Å². The molecule has 0 fully saturated rings. The van der Waals surface area contributed by atoms with Crippen molar-refractivity contribution in [1.29, 1.82) is 0 Å². The van der Waals surface area contributed by atoms with E-state index < -0.39 is 36.1 Å². The van der Waals surface area contributed by atoms with Gasteiger partial charge in [-0.15, -0.1) is 0 Å². The summed E-state index contributed by atoms with van der Waals surface area (Å²) in [7, 11) is 14.3. The zero-order valence-electron chi connectivity index (χ0n) is 21.6. The highest BCUT2D eigenvalue weighted by Crippen LogP contribution is 2.34. The third kappa shape index (κ3) is 18.9. The molecule has 0 amide bonds. The fraction of sp³-hybridized carbons (Fsp3) is 0.818. The number of carbonyl (C=O) groups excluding carboxylic acids is 2. The van der Waals surface area contributed by atoms with Crippen molar-refractivity contribution in [2.45, 2.75) is 62.2 Å². The number of hydrogen-bond acceptors (Lipinski definition) is 8. The lowest BCUT2D eigenvalue weighted by Crippen LogP contribution is -2.44. The van der Waals surface area contributed by atoms with Crippen LogP contribution in [0.1, 0.15) is 39.5 Å². The van der Waals surface area contributed by atoms with Crippen LogP contribution in [-0.4, -0.2) is 121 Å². The minimum Gasteiger partial charge on any atom is -0.481 e. The second-order valence-electron chi connectivity index (χ2n) is 10.6. The molecule has 4 atom stereocenters. The van der Waals surface area contributed by atoms with Gasteiger partial charge in [-0.3, -0.25) is 19.2 Å². The summed E-state index contributed by atoms with van der Waals surface area (Å²) in [5, 5.41) is 17.9. The first-order chi connectivity index (χ1) is 15.4. The average Bonchev–Trinajstić information content (AvgIpc) is 2.55. The zero-order chi connectivity index (χ0) is 26.7. The van der Waals surface area contributed by atoms with E-state index in [-0.39, 0.29) is 36.2 Å². The van der Waals surface area contributed by atoms with Crippen molar-refractivity contribution >= 4 is 45.5 Å². The number of esters is 2. The van der Waals surface area contributed by atoms with Crippen LogP contribution in [-0.2, 0) is 28.7 Å². The number of ether oxygens (including phenoxy) is 2. The highest BCUT2D eigenvalue weighted by molar-refractivity contribution is 8.77. The lowest BCUT2D eigenvalue weighted by atomic mass is 10.2. The molecule has 0 rings (SSSR count). The van der Waals surface area contributed by atoms with Gasteiger partial charge in [-0.2, -0.15) is 0 Å². The standard InChI is InChI=1S/C22H40N2O8S2/c1-15(9-21(29)31-17(11-19(25)26)13-23(3,4)5)33-34-16(2)10-22(30)32-18(12-20(27)28)14-24(6,7)8/h15-18H,9-14H2,1-8H3/p+2. The van der Waals surface area contributed by atoms with Gasteiger partial charge in [-0.25, -0.2) is 0 Å². The smallest absolute Gasteiger partial charge is 0.307 e. The van der Waals surface area contributed by atoms with Crippen molar-refractivity contribution in [2.75, 3.05) is 55.4 Å². The molecule has 0 aliphatic rings. The minimum atomic E-state index is -1.02. The van der Waals surface area contributed by atoms with E-state index in [0.29, 0.717) is 22.1 Å². The van der Waals surface area contributed by atoms with E-state index in [1.165, 1.54) is 21.6 Å². The van der Waals surface area contributed by atoms with E-state index in [4.69, 9.17) is 19.7 Å². The van der Waals surface area contributed by atoms with E-state index in [1.807, 2.05) is 56.1 Å². The predicted octanol–water partition coefficient (Wildman–Crippen LogP) is 2.11. The Bertz CT molecular complexity index is 633. The second kappa shape index (κ2) is 14.8. The summed E-state index contributed by atoms with van der Waals surface area (Å²) >= 11 is 0. The SMILES string of the molecule is CC(CC(=O)OC(CC(=O)O)C[N+](C)(C)C)SSC(C)CC(=O)OC(CC(=O)O)C[N+](C)(C)C. The molecule has 0 saturated carbocycles. The molecule has 10 nitrogen and oxygen atoms in total. The van der Waals surface area contributed by atoms with Crippen molar-refractivity contribution < 1.29 is 47.8 Å². The first-order valence-corrected chi connectivity index (χ1v) is 13.4. The summed E-state index contributed by atoms with van der Waals surface area (Å²) in [4.78, 5) is 46.8. The molecule has 0 aromatic carbocycles. The highest BCUT2D eigenvalue weighted by Gasteiger charge is 2.27. The van der Waals surface area contributed by atoms with Crippen molar-refractivity contribution in [2.24, 2.45) is 0 Å².